The van der Waals surface area contributed by atoms with Crippen molar-refractivity contribution >= 4 is 11.8 Å². The number of unbranched alkanes of at least 4 members (excludes halogenated alkanes) is 1. The van der Waals surface area contributed by atoms with Crippen LogP contribution in [0.25, 0.3) is 0 Å². The Kier molecular flexibility index (Phi) is 6.03. The molecule has 0 N–H and O–H groups in total. The summed E-state index contributed by atoms with van der Waals surface area (Å²) in [5.41, 5.74) is 0. The summed E-state index contributed by atoms with van der Waals surface area (Å²) >= 11 is 0. The molecule has 0 aliphatic rings. The number of carbonyl (C=O) groups is 1. The minimum Gasteiger partial charge on any atom is -0.757 e. The Bertz CT molecular complexity index is 330. The summed E-state index contributed by atoms with van der Waals surface area (Å²) < 4.78 is 4.79. The van der Waals surface area contributed by atoms with Crippen molar-refractivity contribution in [2.24, 2.45) is 0 Å². The maximum atomic E-state index is 11.6. The second-order valence-electron chi connectivity index (χ2n) is 3.55. The molecule has 0 aromatic carbocycles. The van der Waals surface area contributed by atoms with E-state index in [1.807, 2.05) is 0 Å². The molecule has 0 bridgehead atoms. The van der Waals surface area contributed by atoms with Crippen LogP contribution < -0.4 is 5.06 Å². The molecule has 5 heteroatoms. The number of rotatable bonds is 7. The van der Waals surface area contributed by atoms with Crippen molar-refractivity contribution in [3.8, 4) is 0 Å². The Morgan fingerprint density at radius 2 is 2.29 bits per heavy atom. The first-order chi connectivity index (χ1) is 8.24. The molecule has 0 atom stereocenters. The highest BCUT2D eigenvalue weighted by Gasteiger charge is 2.01. The van der Waals surface area contributed by atoms with Gasteiger partial charge in [0.05, 0.1) is 6.61 Å². The highest BCUT2D eigenvalue weighted by atomic mass is 16.5. The molecule has 94 valence electrons. The Hall–Kier alpha value is -1.62. The van der Waals surface area contributed by atoms with Gasteiger partial charge in [-0.25, -0.2) is 4.98 Å². The zero-order valence-corrected chi connectivity index (χ0v) is 9.96. The van der Waals surface area contributed by atoms with Gasteiger partial charge in [0.1, 0.15) is 5.82 Å². The van der Waals surface area contributed by atoms with Crippen LogP contribution in [0.15, 0.2) is 24.4 Å². The molecule has 0 aliphatic carbocycles. The largest absolute Gasteiger partial charge is 0.757 e. The Morgan fingerprint density at radius 1 is 1.47 bits per heavy atom. The van der Waals surface area contributed by atoms with Gasteiger partial charge in [-0.2, -0.15) is 0 Å². The fourth-order valence-corrected chi connectivity index (χ4v) is 1.37. The number of carbonyl (C=O) groups excluding carboxylic acids is 1. The van der Waals surface area contributed by atoms with Crippen LogP contribution >= 0.6 is 0 Å². The highest BCUT2D eigenvalue weighted by Crippen LogP contribution is 2.09. The average Bonchev–Trinajstić information content (AvgIpc) is 2.36. The van der Waals surface area contributed by atoms with Crippen LogP contribution in [0.4, 0.5) is 5.82 Å². The van der Waals surface area contributed by atoms with E-state index in [0.29, 0.717) is 38.2 Å². The summed E-state index contributed by atoms with van der Waals surface area (Å²) in [5.74, 6) is 0.200. The zero-order valence-electron chi connectivity index (χ0n) is 9.96. The molecular formula is C12H17N2O3-. The summed E-state index contributed by atoms with van der Waals surface area (Å²) in [6.07, 6.45) is 3.26. The third-order valence-electron chi connectivity index (χ3n) is 2.20. The molecule has 0 saturated carbocycles. The predicted molar refractivity (Wildman–Crippen MR) is 65.4 cm³/mol. The van der Waals surface area contributed by atoms with Crippen molar-refractivity contribution in [1.29, 1.82) is 0 Å². The second-order valence-corrected chi connectivity index (χ2v) is 3.55. The lowest BCUT2D eigenvalue weighted by molar-refractivity contribution is -0.143. The number of nitrogens with zero attached hydrogens (tertiary/aromatic N) is 2. The standard InChI is InChI=1S/C12H17N2O3/c1-2-17-12(15)8-4-6-10-14(16)11-7-3-5-9-13-11/h3,5,7,9H,2,4,6,8,10H2,1H3/q-1. The van der Waals surface area contributed by atoms with E-state index in [-0.39, 0.29) is 5.97 Å². The van der Waals surface area contributed by atoms with Gasteiger partial charge in [-0.1, -0.05) is 6.07 Å². The van der Waals surface area contributed by atoms with Crippen LogP contribution in [-0.2, 0) is 9.53 Å². The summed E-state index contributed by atoms with van der Waals surface area (Å²) in [7, 11) is 0. The monoisotopic (exact) mass is 237 g/mol. The molecule has 1 heterocycles. The van der Waals surface area contributed by atoms with Crippen molar-refractivity contribution in [3.63, 3.8) is 0 Å². The summed E-state index contributed by atoms with van der Waals surface area (Å²) in [5, 5.41) is 12.4. The van der Waals surface area contributed by atoms with Gasteiger partial charge in [-0.3, -0.25) is 4.79 Å². The van der Waals surface area contributed by atoms with Crippen LogP contribution in [0.3, 0.4) is 0 Å². The number of hydrogen-bond donors (Lipinski definition) is 0. The van der Waals surface area contributed by atoms with Gasteiger partial charge >= 0.3 is 5.97 Å². The van der Waals surface area contributed by atoms with Crippen LogP contribution in [0.2, 0.25) is 0 Å². The van der Waals surface area contributed by atoms with E-state index in [0.717, 1.165) is 5.06 Å². The van der Waals surface area contributed by atoms with Gasteiger partial charge in [0.15, 0.2) is 0 Å². The number of hydroxylamine groups is 1. The lowest BCUT2D eigenvalue weighted by Gasteiger charge is -2.29. The number of anilines is 1. The van der Waals surface area contributed by atoms with Gasteiger partial charge in [-0.15, -0.1) is 0 Å². The SMILES string of the molecule is CCOC(=O)CCCCN([O-])c1ccccn1. The van der Waals surface area contributed by atoms with Crippen molar-refractivity contribution < 1.29 is 9.53 Å². The topological polar surface area (TPSA) is 65.5 Å². The lowest BCUT2D eigenvalue weighted by Crippen LogP contribution is -2.17. The number of esters is 1. The van der Waals surface area contributed by atoms with E-state index in [9.17, 15) is 10.0 Å². The number of hydrogen-bond acceptors (Lipinski definition) is 5. The van der Waals surface area contributed by atoms with E-state index in [1.165, 1.54) is 0 Å². The molecule has 0 fully saturated rings. The predicted octanol–water partition coefficient (Wildman–Crippen LogP) is 2.12. The number of aromatic nitrogens is 1. The lowest BCUT2D eigenvalue weighted by atomic mass is 10.2. The maximum Gasteiger partial charge on any atom is 0.305 e. The normalized spacial score (nSPS) is 10.0. The van der Waals surface area contributed by atoms with E-state index < -0.39 is 0 Å². The first kappa shape index (κ1) is 13.4. The number of pyridine rings is 1. The van der Waals surface area contributed by atoms with Gasteiger partial charge in [0, 0.05) is 19.2 Å². The smallest absolute Gasteiger partial charge is 0.305 e. The van der Waals surface area contributed by atoms with Gasteiger partial charge in [-0.05, 0) is 31.9 Å². The fourth-order valence-electron chi connectivity index (χ4n) is 1.37. The average molecular weight is 237 g/mol. The van der Waals surface area contributed by atoms with E-state index in [2.05, 4.69) is 4.98 Å². The zero-order chi connectivity index (χ0) is 12.5. The Labute approximate surface area is 101 Å². The molecule has 17 heavy (non-hydrogen) atoms. The quantitative estimate of drug-likeness (QED) is 0.413. The first-order valence-electron chi connectivity index (χ1n) is 5.75. The summed E-state index contributed by atoms with van der Waals surface area (Å²) in [6.45, 7) is 2.52. The molecular weight excluding hydrogens is 220 g/mol. The van der Waals surface area contributed by atoms with E-state index in [1.54, 1.807) is 31.3 Å². The molecule has 5 nitrogen and oxygen atoms in total. The van der Waals surface area contributed by atoms with Crippen molar-refractivity contribution in [3.05, 3.63) is 29.6 Å². The number of ether oxygens (including phenoxy) is 1. The third kappa shape index (κ3) is 5.31. The van der Waals surface area contributed by atoms with Crippen molar-refractivity contribution in [1.82, 2.24) is 4.98 Å². The van der Waals surface area contributed by atoms with Crippen molar-refractivity contribution in [2.75, 3.05) is 18.2 Å². The third-order valence-corrected chi connectivity index (χ3v) is 2.20. The molecule has 0 aliphatic heterocycles. The highest BCUT2D eigenvalue weighted by molar-refractivity contribution is 5.69. The Morgan fingerprint density at radius 3 is 2.94 bits per heavy atom. The van der Waals surface area contributed by atoms with Gasteiger partial charge < -0.3 is 15.0 Å². The Balaban J connectivity index is 2.17. The van der Waals surface area contributed by atoms with E-state index >= 15 is 0 Å². The van der Waals surface area contributed by atoms with E-state index in [4.69, 9.17) is 4.74 Å². The van der Waals surface area contributed by atoms with Crippen LogP contribution in [0.5, 0.6) is 0 Å². The summed E-state index contributed by atoms with van der Waals surface area (Å²) in [4.78, 5) is 15.0. The van der Waals surface area contributed by atoms with Gasteiger partial charge in [0.25, 0.3) is 0 Å². The molecule has 0 saturated heterocycles. The van der Waals surface area contributed by atoms with Crippen LogP contribution in [0.1, 0.15) is 26.2 Å². The fraction of sp³-hybridized carbons (Fsp3) is 0.500. The first-order valence-corrected chi connectivity index (χ1v) is 5.75. The molecule has 0 amide bonds. The second kappa shape index (κ2) is 7.62. The molecule has 1 rings (SSSR count). The molecule has 0 spiro atoms. The minimum absolute atomic E-state index is 0.206. The summed E-state index contributed by atoms with van der Waals surface area (Å²) in [6, 6.07) is 5.20. The molecule has 1 aromatic heterocycles. The molecule has 0 radical (unpaired) electrons. The van der Waals surface area contributed by atoms with Gasteiger partial charge in [0.2, 0.25) is 0 Å². The minimum atomic E-state index is -0.206. The molecule has 0 unspecified atom stereocenters. The van der Waals surface area contributed by atoms with Crippen LogP contribution in [-0.4, -0.2) is 24.1 Å². The maximum absolute atomic E-state index is 11.6. The molecule has 1 aromatic rings. The van der Waals surface area contributed by atoms with Crippen molar-refractivity contribution in [2.45, 2.75) is 26.2 Å². The van der Waals surface area contributed by atoms with Crippen LogP contribution in [0, 0.1) is 5.21 Å².